The number of methoxy groups -OCH3 is 1. The topological polar surface area (TPSA) is 72.6 Å². The van der Waals surface area contributed by atoms with Crippen molar-refractivity contribution in [3.05, 3.63) is 29.8 Å². The van der Waals surface area contributed by atoms with Crippen LogP contribution < -0.4 is 10.5 Å². The maximum atomic E-state index is 13.0. The number of amides is 2. The van der Waals surface area contributed by atoms with Crippen molar-refractivity contribution >= 4 is 11.8 Å². The smallest absolute Gasteiger partial charge is 0.240 e. The van der Waals surface area contributed by atoms with Crippen LogP contribution in [0.4, 0.5) is 0 Å². The number of hydrogen-bond acceptors (Lipinski definition) is 3. The summed E-state index contributed by atoms with van der Waals surface area (Å²) in [7, 11) is 1.62. The van der Waals surface area contributed by atoms with Gasteiger partial charge in [0.1, 0.15) is 11.8 Å². The van der Waals surface area contributed by atoms with Crippen LogP contribution in [0.1, 0.15) is 44.1 Å². The van der Waals surface area contributed by atoms with E-state index in [-0.39, 0.29) is 11.3 Å². The zero-order valence-electron chi connectivity index (χ0n) is 13.6. The van der Waals surface area contributed by atoms with E-state index in [0.717, 1.165) is 37.0 Å². The van der Waals surface area contributed by atoms with Gasteiger partial charge in [-0.1, -0.05) is 31.4 Å². The molecule has 5 heteroatoms. The Morgan fingerprint density at radius 2 is 1.91 bits per heavy atom. The Hall–Kier alpha value is -2.04. The quantitative estimate of drug-likeness (QED) is 0.926. The van der Waals surface area contributed by atoms with Gasteiger partial charge in [0.2, 0.25) is 11.8 Å². The fourth-order valence-corrected chi connectivity index (χ4v) is 4.02. The molecule has 2 N–H and O–H groups in total. The highest BCUT2D eigenvalue weighted by Crippen LogP contribution is 2.47. The van der Waals surface area contributed by atoms with Gasteiger partial charge in [-0.2, -0.15) is 0 Å². The highest BCUT2D eigenvalue weighted by atomic mass is 16.5. The average molecular weight is 316 g/mol. The number of benzene rings is 1. The van der Waals surface area contributed by atoms with Crippen molar-refractivity contribution in [3.8, 4) is 5.75 Å². The predicted octanol–water partition coefficient (Wildman–Crippen LogP) is 2.23. The number of ether oxygens (including phenoxy) is 1. The molecule has 1 saturated heterocycles. The number of nitrogens with two attached hydrogens (primary N) is 1. The average Bonchev–Trinajstić information content (AvgIpc) is 2.82. The van der Waals surface area contributed by atoms with Gasteiger partial charge in [0.25, 0.3) is 0 Å². The molecule has 2 amide bonds. The molecule has 1 aromatic carbocycles. The van der Waals surface area contributed by atoms with Gasteiger partial charge in [-0.3, -0.25) is 9.59 Å². The van der Waals surface area contributed by atoms with E-state index < -0.39 is 11.9 Å². The van der Waals surface area contributed by atoms with E-state index in [1.165, 1.54) is 6.42 Å². The molecule has 1 atom stereocenters. The molecule has 1 aliphatic carbocycles. The Bertz CT molecular complexity index is 591. The lowest BCUT2D eigenvalue weighted by atomic mass is 9.72. The molecular weight excluding hydrogens is 292 g/mol. The van der Waals surface area contributed by atoms with E-state index in [2.05, 4.69) is 0 Å². The molecule has 1 aromatic rings. The van der Waals surface area contributed by atoms with Crippen LogP contribution in [0.3, 0.4) is 0 Å². The van der Waals surface area contributed by atoms with Crippen molar-refractivity contribution in [2.75, 3.05) is 7.11 Å². The van der Waals surface area contributed by atoms with Crippen LogP contribution in [0.25, 0.3) is 0 Å². The van der Waals surface area contributed by atoms with Crippen LogP contribution in [-0.4, -0.2) is 29.9 Å². The number of carbonyl (C=O) groups is 2. The van der Waals surface area contributed by atoms with Crippen molar-refractivity contribution in [1.29, 1.82) is 0 Å². The van der Waals surface area contributed by atoms with Gasteiger partial charge in [0.15, 0.2) is 0 Å². The summed E-state index contributed by atoms with van der Waals surface area (Å²) >= 11 is 0. The summed E-state index contributed by atoms with van der Waals surface area (Å²) in [4.78, 5) is 26.6. The lowest BCUT2D eigenvalue weighted by Gasteiger charge is -2.31. The molecule has 124 valence electrons. The number of likely N-dealkylation sites (tertiary alicyclic amines) is 1. The third-order valence-corrected chi connectivity index (χ3v) is 5.33. The fraction of sp³-hybridized carbons (Fsp3) is 0.556. The van der Waals surface area contributed by atoms with Gasteiger partial charge >= 0.3 is 0 Å². The Kier molecular flexibility index (Phi) is 4.28. The van der Waals surface area contributed by atoms with Gasteiger partial charge in [-0.05, 0) is 37.0 Å². The summed E-state index contributed by atoms with van der Waals surface area (Å²) in [5.74, 6) is 0.489. The lowest BCUT2D eigenvalue weighted by Crippen LogP contribution is -2.42. The van der Waals surface area contributed by atoms with Crippen LogP contribution in [-0.2, 0) is 16.1 Å². The largest absolute Gasteiger partial charge is 0.497 e. The number of rotatable bonds is 4. The van der Waals surface area contributed by atoms with Crippen molar-refractivity contribution in [3.63, 3.8) is 0 Å². The molecule has 1 aliphatic heterocycles. The van der Waals surface area contributed by atoms with Gasteiger partial charge < -0.3 is 15.4 Å². The van der Waals surface area contributed by atoms with Crippen molar-refractivity contribution in [2.45, 2.75) is 51.1 Å². The first-order chi connectivity index (χ1) is 11.1. The molecule has 3 rings (SSSR count). The summed E-state index contributed by atoms with van der Waals surface area (Å²) in [6.45, 7) is 0.429. The number of primary amides is 1. The van der Waals surface area contributed by atoms with Crippen molar-refractivity contribution < 1.29 is 14.3 Å². The molecule has 0 bridgehead atoms. The predicted molar refractivity (Wildman–Crippen MR) is 86.7 cm³/mol. The molecule has 0 aromatic heterocycles. The van der Waals surface area contributed by atoms with E-state index in [4.69, 9.17) is 10.5 Å². The second-order valence-electron chi connectivity index (χ2n) is 6.74. The van der Waals surface area contributed by atoms with Gasteiger partial charge in [0, 0.05) is 6.54 Å². The molecule has 5 nitrogen and oxygen atoms in total. The first-order valence-electron chi connectivity index (χ1n) is 8.29. The number of carbonyl (C=O) groups excluding carboxylic acids is 2. The minimum absolute atomic E-state index is 0.108. The highest BCUT2D eigenvalue weighted by Gasteiger charge is 2.53. The molecule has 1 unspecified atom stereocenters. The molecule has 1 saturated carbocycles. The van der Waals surface area contributed by atoms with Crippen LogP contribution >= 0.6 is 0 Å². The van der Waals surface area contributed by atoms with E-state index in [9.17, 15) is 9.59 Å². The second-order valence-corrected chi connectivity index (χ2v) is 6.74. The Morgan fingerprint density at radius 1 is 1.26 bits per heavy atom. The molecular formula is C18H24N2O3. The highest BCUT2D eigenvalue weighted by molar-refractivity contribution is 5.93. The van der Waals surface area contributed by atoms with Crippen molar-refractivity contribution in [2.24, 2.45) is 11.1 Å². The van der Waals surface area contributed by atoms with Crippen LogP contribution in [0.15, 0.2) is 24.3 Å². The molecule has 0 radical (unpaired) electrons. The maximum absolute atomic E-state index is 13.0. The SMILES string of the molecule is COc1ccc(CN2C(=O)C3(CCCCC3)CC2C(N)=O)cc1. The van der Waals surface area contributed by atoms with E-state index in [1.54, 1.807) is 12.0 Å². The third kappa shape index (κ3) is 2.92. The zero-order valence-corrected chi connectivity index (χ0v) is 13.6. The second kappa shape index (κ2) is 6.22. The van der Waals surface area contributed by atoms with Gasteiger partial charge in [-0.25, -0.2) is 0 Å². The molecule has 1 heterocycles. The lowest BCUT2D eigenvalue weighted by molar-refractivity contribution is -0.140. The molecule has 2 aliphatic rings. The van der Waals surface area contributed by atoms with Crippen LogP contribution in [0.2, 0.25) is 0 Å². The summed E-state index contributed by atoms with van der Waals surface area (Å²) in [5.41, 5.74) is 6.21. The standard InChI is InChI=1S/C18H24N2O3/c1-23-14-7-5-13(6-8-14)12-20-15(16(19)21)11-18(17(20)22)9-3-2-4-10-18/h5-8,15H,2-4,9-12H2,1H3,(H2,19,21). The summed E-state index contributed by atoms with van der Waals surface area (Å²) in [6.07, 6.45) is 5.65. The van der Waals surface area contributed by atoms with Gasteiger partial charge in [0.05, 0.1) is 12.5 Å². The van der Waals surface area contributed by atoms with E-state index in [1.807, 2.05) is 24.3 Å². The Labute approximate surface area is 136 Å². The summed E-state index contributed by atoms with van der Waals surface area (Å²) in [5, 5.41) is 0. The van der Waals surface area contributed by atoms with Crippen LogP contribution in [0, 0.1) is 5.41 Å². The van der Waals surface area contributed by atoms with Crippen LogP contribution in [0.5, 0.6) is 5.75 Å². The number of hydrogen-bond donors (Lipinski definition) is 1. The minimum atomic E-state index is -0.484. The summed E-state index contributed by atoms with van der Waals surface area (Å²) in [6, 6.07) is 7.10. The van der Waals surface area contributed by atoms with E-state index >= 15 is 0 Å². The first-order valence-corrected chi connectivity index (χ1v) is 8.29. The third-order valence-electron chi connectivity index (χ3n) is 5.33. The monoisotopic (exact) mass is 316 g/mol. The van der Waals surface area contributed by atoms with E-state index in [0.29, 0.717) is 13.0 Å². The Morgan fingerprint density at radius 3 is 2.48 bits per heavy atom. The minimum Gasteiger partial charge on any atom is -0.497 e. The maximum Gasteiger partial charge on any atom is 0.240 e. The fourth-order valence-electron chi connectivity index (χ4n) is 4.02. The zero-order chi connectivity index (χ0) is 16.4. The molecule has 1 spiro atoms. The Balaban J connectivity index is 1.82. The molecule has 2 fully saturated rings. The number of nitrogens with zero attached hydrogens (tertiary/aromatic N) is 1. The molecule has 23 heavy (non-hydrogen) atoms. The summed E-state index contributed by atoms with van der Waals surface area (Å²) < 4.78 is 5.16. The van der Waals surface area contributed by atoms with Gasteiger partial charge in [-0.15, -0.1) is 0 Å². The van der Waals surface area contributed by atoms with Crippen molar-refractivity contribution in [1.82, 2.24) is 4.90 Å². The first kappa shape index (κ1) is 15.8. The normalized spacial score (nSPS) is 23.3.